The molecule has 13 heteroatoms. The first-order chi connectivity index (χ1) is 24.9. The Hall–Kier alpha value is -4.36. The van der Waals surface area contributed by atoms with Crippen molar-refractivity contribution in [1.82, 2.24) is 24.7 Å². The maximum Gasteiger partial charge on any atom is 0.410 e. The van der Waals surface area contributed by atoms with Gasteiger partial charge in [0.05, 0.1) is 18.7 Å². The first-order valence-corrected chi connectivity index (χ1v) is 18.3. The predicted molar refractivity (Wildman–Crippen MR) is 195 cm³/mol. The van der Waals surface area contributed by atoms with E-state index in [-0.39, 0.29) is 42.7 Å². The van der Waals surface area contributed by atoms with Crippen LogP contribution < -0.4 is 4.90 Å². The number of ether oxygens (including phenoxy) is 2. The summed E-state index contributed by atoms with van der Waals surface area (Å²) < 4.78 is 27.1. The number of cyclic esters (lactones) is 1. The highest BCUT2D eigenvalue weighted by molar-refractivity contribution is 5.92. The molecule has 4 heterocycles. The normalized spacial score (nSPS) is 26.0. The number of halogens is 1. The molecule has 3 aliphatic heterocycles. The lowest BCUT2D eigenvalue weighted by molar-refractivity contribution is -0.151. The number of amides is 2. The molecule has 2 amide bonds. The van der Waals surface area contributed by atoms with Crippen LogP contribution in [0.5, 0.6) is 0 Å². The van der Waals surface area contributed by atoms with Gasteiger partial charge in [-0.25, -0.2) is 14.2 Å². The maximum absolute atomic E-state index is 15.1. The number of benzene rings is 1. The molecule has 0 unspecified atom stereocenters. The van der Waals surface area contributed by atoms with Crippen molar-refractivity contribution in [1.29, 1.82) is 0 Å². The summed E-state index contributed by atoms with van der Waals surface area (Å²) in [6.45, 7) is 12.0. The van der Waals surface area contributed by atoms with Crippen LogP contribution in [0.4, 0.5) is 14.9 Å². The zero-order chi connectivity index (χ0) is 37.4. The highest BCUT2D eigenvalue weighted by Gasteiger charge is 2.31. The van der Waals surface area contributed by atoms with Crippen molar-refractivity contribution in [2.45, 2.75) is 76.7 Å². The SMILES string of the molecule is C=C(Cc1cc(F)cc(N(C)C2CCN(C(=O)c3cnccn3)CC2)c1)[C@H]1OC(=O)C[C@H](O)CC[C@H](C)[C@@H](OC(=O)N2CCN(C)CC2)/C=C/[C@@H]1C. The number of aliphatic hydroxyl groups is 1. The number of aromatic nitrogens is 2. The zero-order valence-electron chi connectivity index (χ0n) is 30.8. The standard InChI is InChI=1S/C39H53FN6O6/c1-26-6-8-33(47)24-36(48)52-37(27(2)7-9-35(26)51-39(50)46-18-16-43(4)17-19-46)28(3)20-29-21-30(40)23-32(22-29)44(5)31-10-14-45(15-11-31)38(49)34-25-41-12-13-42-34/h7,9,12-13,21-23,25-27,31,33,35,37,47H,3,6,8,10-11,14-20,24H2,1-2,4-5H3/b9-7+/t26-,27-,33+,35-,37-/m0/s1. The number of aliphatic hydroxyl groups excluding tert-OH is 1. The van der Waals surface area contributed by atoms with E-state index in [1.165, 1.54) is 30.7 Å². The maximum atomic E-state index is 15.1. The molecule has 282 valence electrons. The summed E-state index contributed by atoms with van der Waals surface area (Å²) in [5.41, 5.74) is 2.27. The number of esters is 1. The molecule has 3 aliphatic rings. The van der Waals surface area contributed by atoms with Gasteiger partial charge in [0.2, 0.25) is 0 Å². The van der Waals surface area contributed by atoms with Gasteiger partial charge in [0.1, 0.15) is 23.7 Å². The average molecular weight is 721 g/mol. The predicted octanol–water partition coefficient (Wildman–Crippen LogP) is 4.49. The molecule has 5 rings (SSSR count). The third-order valence-electron chi connectivity index (χ3n) is 10.5. The lowest BCUT2D eigenvalue weighted by Gasteiger charge is -2.38. The number of carbonyl (C=O) groups excluding carboxylic acids is 3. The lowest BCUT2D eigenvalue weighted by Crippen LogP contribution is -2.48. The van der Waals surface area contributed by atoms with Crippen LogP contribution in [0, 0.1) is 17.7 Å². The van der Waals surface area contributed by atoms with Crippen LogP contribution in [-0.4, -0.2) is 125 Å². The Morgan fingerprint density at radius 1 is 1.02 bits per heavy atom. The van der Waals surface area contributed by atoms with E-state index < -0.39 is 30.1 Å². The van der Waals surface area contributed by atoms with E-state index in [9.17, 15) is 19.5 Å². The Balaban J connectivity index is 1.26. The number of rotatable bonds is 7. The Labute approximate surface area is 306 Å². The first-order valence-electron chi connectivity index (χ1n) is 18.3. The highest BCUT2D eigenvalue weighted by Crippen LogP contribution is 2.29. The molecule has 0 radical (unpaired) electrons. The minimum atomic E-state index is -0.908. The molecule has 1 aromatic heterocycles. The van der Waals surface area contributed by atoms with E-state index in [0.29, 0.717) is 74.4 Å². The summed E-state index contributed by atoms with van der Waals surface area (Å²) in [5, 5.41) is 10.7. The van der Waals surface area contributed by atoms with Crippen molar-refractivity contribution in [3.63, 3.8) is 0 Å². The van der Waals surface area contributed by atoms with Gasteiger partial charge < -0.3 is 34.2 Å². The van der Waals surface area contributed by atoms with Crippen LogP contribution in [-0.2, 0) is 20.7 Å². The fraction of sp³-hybridized carbons (Fsp3) is 0.564. The Morgan fingerprint density at radius 2 is 1.75 bits per heavy atom. The molecule has 0 bridgehead atoms. The van der Waals surface area contributed by atoms with Crippen molar-refractivity contribution >= 4 is 23.7 Å². The molecule has 0 spiro atoms. The Kier molecular flexibility index (Phi) is 13.4. The number of carbonyl (C=O) groups is 3. The molecule has 5 atom stereocenters. The topological polar surface area (TPSA) is 129 Å². The van der Waals surface area contributed by atoms with E-state index in [1.807, 2.05) is 51.1 Å². The summed E-state index contributed by atoms with van der Waals surface area (Å²) in [7, 11) is 3.95. The minimum absolute atomic E-state index is 0.0910. The molecule has 2 saturated heterocycles. The quantitative estimate of drug-likeness (QED) is 0.323. The van der Waals surface area contributed by atoms with Gasteiger partial charge in [0, 0.05) is 76.4 Å². The van der Waals surface area contributed by atoms with Crippen molar-refractivity contribution in [2.24, 2.45) is 11.8 Å². The average Bonchev–Trinajstić information content (AvgIpc) is 3.13. The fourth-order valence-corrected chi connectivity index (χ4v) is 7.12. The molecule has 12 nitrogen and oxygen atoms in total. The number of piperidine rings is 1. The smallest absolute Gasteiger partial charge is 0.410 e. The Morgan fingerprint density at radius 3 is 2.44 bits per heavy atom. The molecule has 0 saturated carbocycles. The number of likely N-dealkylation sites (tertiary alicyclic amines) is 1. The minimum Gasteiger partial charge on any atom is -0.457 e. The number of anilines is 1. The van der Waals surface area contributed by atoms with Crippen LogP contribution in [0.3, 0.4) is 0 Å². The van der Waals surface area contributed by atoms with Gasteiger partial charge in [0.25, 0.3) is 5.91 Å². The van der Waals surface area contributed by atoms with Crippen LogP contribution in [0.15, 0.2) is 61.1 Å². The number of hydrogen-bond acceptors (Lipinski definition) is 10. The number of piperazine rings is 1. The highest BCUT2D eigenvalue weighted by atomic mass is 19.1. The van der Waals surface area contributed by atoms with Gasteiger partial charge in [-0.3, -0.25) is 14.6 Å². The second kappa shape index (κ2) is 17.9. The molecular formula is C39H53FN6O6. The molecule has 2 fully saturated rings. The largest absolute Gasteiger partial charge is 0.457 e. The van der Waals surface area contributed by atoms with E-state index in [2.05, 4.69) is 21.4 Å². The summed E-state index contributed by atoms with van der Waals surface area (Å²) >= 11 is 0. The van der Waals surface area contributed by atoms with Gasteiger partial charge in [-0.1, -0.05) is 26.5 Å². The number of hydrogen-bond donors (Lipinski definition) is 1. The van der Waals surface area contributed by atoms with Gasteiger partial charge in [-0.2, -0.15) is 0 Å². The van der Waals surface area contributed by atoms with Crippen LogP contribution >= 0.6 is 0 Å². The Bertz CT molecular complexity index is 1580. The van der Waals surface area contributed by atoms with Crippen molar-refractivity contribution < 1.29 is 33.4 Å². The number of nitrogens with zero attached hydrogens (tertiary/aromatic N) is 6. The zero-order valence-corrected chi connectivity index (χ0v) is 30.8. The first kappa shape index (κ1) is 38.9. The summed E-state index contributed by atoms with van der Waals surface area (Å²) in [6.07, 6.45) is 8.08. The van der Waals surface area contributed by atoms with Gasteiger partial charge in [-0.15, -0.1) is 0 Å². The molecule has 2 aromatic rings. The number of likely N-dealkylation sites (N-methyl/N-ethyl adjacent to an activating group) is 1. The van der Waals surface area contributed by atoms with E-state index in [0.717, 1.165) is 13.1 Å². The molecular weight excluding hydrogens is 667 g/mol. The molecule has 52 heavy (non-hydrogen) atoms. The molecule has 1 N–H and O–H groups in total. The van der Waals surface area contributed by atoms with Crippen LogP contribution in [0.1, 0.15) is 62.0 Å². The van der Waals surface area contributed by atoms with E-state index in [4.69, 9.17) is 9.47 Å². The van der Waals surface area contributed by atoms with E-state index in [1.54, 1.807) is 9.80 Å². The van der Waals surface area contributed by atoms with Crippen LogP contribution in [0.25, 0.3) is 0 Å². The van der Waals surface area contributed by atoms with Gasteiger partial charge in [-0.05, 0) is 80.5 Å². The summed E-state index contributed by atoms with van der Waals surface area (Å²) in [6, 6.07) is 4.97. The van der Waals surface area contributed by atoms with Crippen molar-refractivity contribution in [3.05, 3.63) is 78.2 Å². The van der Waals surface area contributed by atoms with Crippen molar-refractivity contribution in [2.75, 3.05) is 58.3 Å². The second-order valence-electron chi connectivity index (χ2n) is 14.6. The molecule has 1 aromatic carbocycles. The fourth-order valence-electron chi connectivity index (χ4n) is 7.12. The van der Waals surface area contributed by atoms with Crippen molar-refractivity contribution in [3.8, 4) is 0 Å². The summed E-state index contributed by atoms with van der Waals surface area (Å²) in [5.74, 6) is -1.53. The summed E-state index contributed by atoms with van der Waals surface area (Å²) in [4.78, 5) is 54.8. The van der Waals surface area contributed by atoms with E-state index >= 15 is 4.39 Å². The van der Waals surface area contributed by atoms with Crippen LogP contribution in [0.2, 0.25) is 0 Å². The third-order valence-corrected chi connectivity index (χ3v) is 10.5. The molecule has 0 aliphatic carbocycles. The third kappa shape index (κ3) is 10.4. The monoisotopic (exact) mass is 720 g/mol. The second-order valence-corrected chi connectivity index (χ2v) is 14.6. The van der Waals surface area contributed by atoms with Gasteiger partial charge >= 0.3 is 12.1 Å². The van der Waals surface area contributed by atoms with Gasteiger partial charge in [0.15, 0.2) is 0 Å². The lowest BCUT2D eigenvalue weighted by atomic mass is 9.90.